The van der Waals surface area contributed by atoms with E-state index in [1.807, 2.05) is 0 Å². The first kappa shape index (κ1) is 11.1. The molecule has 1 saturated carbocycles. The standard InChI is InChI=1S/C12H18O2/c1-14-12(13)10-6-9-11-7-4-2-3-5-8-11/h11H,2-5,7-9H2,1H3. The lowest BCUT2D eigenvalue weighted by Crippen LogP contribution is -1.98. The first-order chi connectivity index (χ1) is 6.83. The third-order valence-electron chi connectivity index (χ3n) is 2.74. The van der Waals surface area contributed by atoms with E-state index in [2.05, 4.69) is 16.6 Å². The molecule has 0 aromatic rings. The van der Waals surface area contributed by atoms with Crippen LogP contribution in [-0.2, 0) is 9.53 Å². The van der Waals surface area contributed by atoms with Crippen LogP contribution in [0.15, 0.2) is 0 Å². The van der Waals surface area contributed by atoms with E-state index < -0.39 is 5.97 Å². The zero-order valence-corrected chi connectivity index (χ0v) is 8.84. The van der Waals surface area contributed by atoms with Crippen molar-refractivity contribution in [2.24, 2.45) is 5.92 Å². The third-order valence-corrected chi connectivity index (χ3v) is 2.74. The average molecular weight is 194 g/mol. The van der Waals surface area contributed by atoms with Crippen molar-refractivity contribution < 1.29 is 9.53 Å². The minimum atomic E-state index is -0.418. The highest BCUT2D eigenvalue weighted by atomic mass is 16.5. The van der Waals surface area contributed by atoms with Gasteiger partial charge in [-0.3, -0.25) is 0 Å². The van der Waals surface area contributed by atoms with Crippen LogP contribution in [0, 0.1) is 17.8 Å². The fraction of sp³-hybridized carbons (Fsp3) is 0.750. The maximum Gasteiger partial charge on any atom is 0.384 e. The summed E-state index contributed by atoms with van der Waals surface area (Å²) >= 11 is 0. The van der Waals surface area contributed by atoms with Gasteiger partial charge in [0.25, 0.3) is 0 Å². The first-order valence-electron chi connectivity index (χ1n) is 5.39. The number of rotatable bonds is 1. The van der Waals surface area contributed by atoms with Gasteiger partial charge in [0.15, 0.2) is 0 Å². The predicted molar refractivity (Wildman–Crippen MR) is 55.6 cm³/mol. The van der Waals surface area contributed by atoms with E-state index in [-0.39, 0.29) is 0 Å². The number of hydrogen-bond donors (Lipinski definition) is 0. The Morgan fingerprint density at radius 3 is 2.50 bits per heavy atom. The molecule has 0 aromatic heterocycles. The maximum absolute atomic E-state index is 10.7. The summed E-state index contributed by atoms with van der Waals surface area (Å²) in [5.74, 6) is 5.68. The molecule has 0 saturated heterocycles. The van der Waals surface area contributed by atoms with E-state index >= 15 is 0 Å². The van der Waals surface area contributed by atoms with E-state index in [1.165, 1.54) is 45.6 Å². The molecule has 0 radical (unpaired) electrons. The van der Waals surface area contributed by atoms with Crippen LogP contribution < -0.4 is 0 Å². The molecule has 0 aliphatic heterocycles. The summed E-state index contributed by atoms with van der Waals surface area (Å²) in [6.07, 6.45) is 8.78. The van der Waals surface area contributed by atoms with Gasteiger partial charge in [-0.25, -0.2) is 4.79 Å². The van der Waals surface area contributed by atoms with Crippen LogP contribution in [0.4, 0.5) is 0 Å². The van der Waals surface area contributed by atoms with E-state index in [1.54, 1.807) is 0 Å². The Kier molecular flexibility index (Phi) is 5.14. The first-order valence-corrected chi connectivity index (χ1v) is 5.39. The molecule has 1 aliphatic rings. The second kappa shape index (κ2) is 6.48. The minimum Gasteiger partial charge on any atom is -0.459 e. The molecule has 2 heteroatoms. The van der Waals surface area contributed by atoms with Gasteiger partial charge in [0.05, 0.1) is 7.11 Å². The van der Waals surface area contributed by atoms with Crippen molar-refractivity contribution in [1.82, 2.24) is 0 Å². The van der Waals surface area contributed by atoms with Crippen LogP contribution in [0.3, 0.4) is 0 Å². The lowest BCUT2D eigenvalue weighted by molar-refractivity contribution is -0.133. The van der Waals surface area contributed by atoms with E-state index in [0.717, 1.165) is 6.42 Å². The molecular weight excluding hydrogens is 176 g/mol. The Bertz CT molecular complexity index is 226. The smallest absolute Gasteiger partial charge is 0.384 e. The highest BCUT2D eigenvalue weighted by Crippen LogP contribution is 2.24. The zero-order chi connectivity index (χ0) is 10.2. The second-order valence-corrected chi connectivity index (χ2v) is 3.86. The summed E-state index contributed by atoms with van der Waals surface area (Å²) in [6.45, 7) is 0. The summed E-state index contributed by atoms with van der Waals surface area (Å²) in [4.78, 5) is 10.7. The van der Waals surface area contributed by atoms with Crippen molar-refractivity contribution in [3.05, 3.63) is 0 Å². The summed E-state index contributed by atoms with van der Waals surface area (Å²) in [5, 5.41) is 0. The molecule has 0 unspecified atom stereocenters. The predicted octanol–water partition coefficient (Wildman–Crippen LogP) is 2.52. The van der Waals surface area contributed by atoms with Gasteiger partial charge in [-0.15, -0.1) is 0 Å². The molecule has 0 spiro atoms. The van der Waals surface area contributed by atoms with Crippen LogP contribution >= 0.6 is 0 Å². The zero-order valence-electron chi connectivity index (χ0n) is 8.84. The minimum absolute atomic E-state index is 0.418. The highest BCUT2D eigenvalue weighted by molar-refractivity contribution is 5.88. The topological polar surface area (TPSA) is 26.3 Å². The van der Waals surface area contributed by atoms with E-state index in [4.69, 9.17) is 0 Å². The number of esters is 1. The molecule has 78 valence electrons. The Morgan fingerprint density at radius 2 is 1.93 bits per heavy atom. The van der Waals surface area contributed by atoms with Crippen LogP contribution in [0.5, 0.6) is 0 Å². The van der Waals surface area contributed by atoms with Gasteiger partial charge in [0.2, 0.25) is 0 Å². The van der Waals surface area contributed by atoms with Gasteiger partial charge in [-0.1, -0.05) is 31.6 Å². The largest absolute Gasteiger partial charge is 0.459 e. The van der Waals surface area contributed by atoms with E-state index in [0.29, 0.717) is 5.92 Å². The van der Waals surface area contributed by atoms with Gasteiger partial charge in [-0.2, -0.15) is 0 Å². The summed E-state index contributed by atoms with van der Waals surface area (Å²) in [6, 6.07) is 0. The molecule has 0 heterocycles. The molecule has 0 N–H and O–H groups in total. The van der Waals surface area contributed by atoms with Crippen molar-refractivity contribution in [3.63, 3.8) is 0 Å². The number of carbonyl (C=O) groups is 1. The van der Waals surface area contributed by atoms with Gasteiger partial charge in [-0.05, 0) is 18.8 Å². The summed E-state index contributed by atoms with van der Waals surface area (Å²) < 4.78 is 4.45. The lowest BCUT2D eigenvalue weighted by atomic mass is 9.97. The van der Waals surface area contributed by atoms with Gasteiger partial charge in [0, 0.05) is 12.3 Å². The molecule has 1 rings (SSSR count). The Balaban J connectivity index is 2.27. The van der Waals surface area contributed by atoms with Crippen LogP contribution in [0.2, 0.25) is 0 Å². The monoisotopic (exact) mass is 194 g/mol. The Labute approximate surface area is 86.0 Å². The quantitative estimate of drug-likeness (QED) is 0.277. The number of ether oxygens (including phenoxy) is 1. The normalized spacial score (nSPS) is 17.8. The Morgan fingerprint density at radius 1 is 1.29 bits per heavy atom. The second-order valence-electron chi connectivity index (χ2n) is 3.86. The van der Waals surface area contributed by atoms with Gasteiger partial charge in [0.1, 0.15) is 0 Å². The van der Waals surface area contributed by atoms with Crippen molar-refractivity contribution >= 4 is 5.97 Å². The average Bonchev–Trinajstić information content (AvgIpc) is 2.46. The number of hydrogen-bond acceptors (Lipinski definition) is 2. The molecule has 1 fully saturated rings. The SMILES string of the molecule is COC(=O)C#CCC1CCCCCC1. The molecule has 1 aliphatic carbocycles. The molecular formula is C12H18O2. The molecule has 0 atom stereocenters. The van der Waals surface area contributed by atoms with Crippen LogP contribution in [0.25, 0.3) is 0 Å². The number of methoxy groups -OCH3 is 1. The summed E-state index contributed by atoms with van der Waals surface area (Å²) in [5.41, 5.74) is 0. The molecule has 0 amide bonds. The molecule has 14 heavy (non-hydrogen) atoms. The molecule has 2 nitrogen and oxygen atoms in total. The Hall–Kier alpha value is -0.970. The molecule has 0 bridgehead atoms. The van der Waals surface area contributed by atoms with Crippen molar-refractivity contribution in [2.75, 3.05) is 7.11 Å². The highest BCUT2D eigenvalue weighted by Gasteiger charge is 2.10. The van der Waals surface area contributed by atoms with Crippen LogP contribution in [-0.4, -0.2) is 13.1 Å². The van der Waals surface area contributed by atoms with Crippen LogP contribution in [0.1, 0.15) is 44.9 Å². The third kappa shape index (κ3) is 4.32. The maximum atomic E-state index is 10.7. The summed E-state index contributed by atoms with van der Waals surface area (Å²) in [7, 11) is 1.36. The number of carbonyl (C=O) groups excluding carboxylic acids is 1. The van der Waals surface area contributed by atoms with Crippen molar-refractivity contribution in [1.29, 1.82) is 0 Å². The van der Waals surface area contributed by atoms with Crippen molar-refractivity contribution in [2.45, 2.75) is 44.9 Å². The lowest BCUT2D eigenvalue weighted by Gasteiger charge is -2.08. The van der Waals surface area contributed by atoms with Gasteiger partial charge >= 0.3 is 5.97 Å². The van der Waals surface area contributed by atoms with Crippen molar-refractivity contribution in [3.8, 4) is 11.8 Å². The van der Waals surface area contributed by atoms with E-state index in [9.17, 15) is 4.79 Å². The van der Waals surface area contributed by atoms with Gasteiger partial charge < -0.3 is 4.74 Å². The fourth-order valence-corrected chi connectivity index (χ4v) is 1.89. The fourth-order valence-electron chi connectivity index (χ4n) is 1.89. The molecule has 0 aromatic carbocycles.